The second-order valence-electron chi connectivity index (χ2n) is 13.8. The van der Waals surface area contributed by atoms with Gasteiger partial charge >= 0.3 is 19.8 Å². The van der Waals surface area contributed by atoms with E-state index in [4.69, 9.17) is 24.3 Å². The molecule has 2 atom stereocenters. The summed E-state index contributed by atoms with van der Waals surface area (Å²) >= 11 is 0. The van der Waals surface area contributed by atoms with Crippen LogP contribution >= 0.6 is 7.82 Å². The summed E-state index contributed by atoms with van der Waals surface area (Å²) in [6.07, 6.45) is 49.3. The molecule has 0 aliphatic carbocycles. The zero-order valence-electron chi connectivity index (χ0n) is 34.6. The van der Waals surface area contributed by atoms with Gasteiger partial charge in [0.25, 0.3) is 0 Å². The molecule has 0 spiro atoms. The van der Waals surface area contributed by atoms with Crippen molar-refractivity contribution in [3.05, 3.63) is 72.9 Å². The van der Waals surface area contributed by atoms with Gasteiger partial charge in [-0.1, -0.05) is 145 Å². The normalized spacial score (nSPS) is 14.0. The molecular formula is C45H78NO8P. The molecule has 0 bridgehead atoms. The van der Waals surface area contributed by atoms with Crippen LogP contribution in [0.3, 0.4) is 0 Å². The summed E-state index contributed by atoms with van der Waals surface area (Å²) in [6, 6.07) is 0. The van der Waals surface area contributed by atoms with E-state index in [0.717, 1.165) is 77.0 Å². The van der Waals surface area contributed by atoms with Crippen LogP contribution in [-0.2, 0) is 32.7 Å². The lowest BCUT2D eigenvalue weighted by Gasteiger charge is -2.19. The summed E-state index contributed by atoms with van der Waals surface area (Å²) in [6.45, 7) is 3.54. The Morgan fingerprint density at radius 2 is 1.00 bits per heavy atom. The van der Waals surface area contributed by atoms with Gasteiger partial charge in [0, 0.05) is 19.4 Å². The molecule has 1 unspecified atom stereocenters. The number of unbranched alkanes of at least 4 members (excludes halogenated alkanes) is 14. The average Bonchev–Trinajstić information content (AvgIpc) is 3.17. The first-order valence-corrected chi connectivity index (χ1v) is 22.9. The molecule has 0 rings (SSSR count). The van der Waals surface area contributed by atoms with E-state index in [9.17, 15) is 19.0 Å². The molecule has 0 aliphatic rings. The smallest absolute Gasteiger partial charge is 0.462 e. The maximum atomic E-state index is 12.6. The molecule has 0 radical (unpaired) electrons. The van der Waals surface area contributed by atoms with Crippen molar-refractivity contribution >= 4 is 19.8 Å². The van der Waals surface area contributed by atoms with Crippen molar-refractivity contribution in [1.29, 1.82) is 0 Å². The Balaban J connectivity index is 4.27. The minimum absolute atomic E-state index is 0.0423. The third-order valence-corrected chi connectivity index (χ3v) is 9.56. The molecule has 0 heterocycles. The first kappa shape index (κ1) is 52.5. The van der Waals surface area contributed by atoms with Crippen LogP contribution in [0.25, 0.3) is 0 Å². The predicted octanol–water partition coefficient (Wildman–Crippen LogP) is 12.3. The SMILES string of the molecule is CC/C=C/C/C=C/C/C=C/C/C=C/C/C=C/CCCCCC(=O)O[C@H](COC(=O)CCCCC/C=C/CCCCCCCCCC)COP(=O)(O)OCCN. The van der Waals surface area contributed by atoms with Crippen molar-refractivity contribution in [3.8, 4) is 0 Å². The standard InChI is InChI=1S/C45H78NO8P/c1-3-5-7-9-11-13-15-17-19-20-21-22-24-26-28-30-32-34-36-38-45(48)54-43(42-53-55(49,50)52-40-39-46)41-51-44(47)37-35-33-31-29-27-25-23-18-16-14-12-10-8-6-4-2/h5,7,11,13,17,19,21-22,25-28,43H,3-4,6,8-10,12,14-16,18,20,23-24,29-42,46H2,1-2H3,(H,49,50)/b7-5+,13-11+,19-17+,22-21+,27-25+,28-26+/t43-/m1/s1. The molecule has 3 N–H and O–H groups in total. The van der Waals surface area contributed by atoms with Gasteiger partial charge in [0.15, 0.2) is 6.10 Å². The highest BCUT2D eigenvalue weighted by atomic mass is 31.2. The highest BCUT2D eigenvalue weighted by molar-refractivity contribution is 7.47. The quantitative estimate of drug-likeness (QED) is 0.0270. The van der Waals surface area contributed by atoms with Gasteiger partial charge in [-0.15, -0.1) is 0 Å². The van der Waals surface area contributed by atoms with E-state index >= 15 is 0 Å². The van der Waals surface area contributed by atoms with Gasteiger partial charge in [-0.25, -0.2) is 4.57 Å². The van der Waals surface area contributed by atoms with Crippen LogP contribution in [0.1, 0.15) is 168 Å². The lowest BCUT2D eigenvalue weighted by atomic mass is 10.1. The first-order chi connectivity index (χ1) is 26.8. The van der Waals surface area contributed by atoms with E-state index in [1.807, 2.05) is 0 Å². The number of rotatable bonds is 39. The van der Waals surface area contributed by atoms with Crippen LogP contribution in [0.2, 0.25) is 0 Å². The van der Waals surface area contributed by atoms with Crippen molar-refractivity contribution in [2.45, 2.75) is 174 Å². The molecule has 55 heavy (non-hydrogen) atoms. The Kier molecular flexibility index (Phi) is 39.2. The molecule has 9 nitrogen and oxygen atoms in total. The molecule has 0 saturated carbocycles. The van der Waals surface area contributed by atoms with Crippen molar-refractivity contribution in [2.75, 3.05) is 26.4 Å². The molecule has 0 aromatic carbocycles. The van der Waals surface area contributed by atoms with Crippen LogP contribution < -0.4 is 5.73 Å². The number of nitrogens with two attached hydrogens (primary N) is 1. The second kappa shape index (κ2) is 41.1. The Bertz CT molecular complexity index is 1130. The van der Waals surface area contributed by atoms with Gasteiger partial charge in [0.1, 0.15) is 6.61 Å². The number of carbonyl (C=O) groups is 2. The van der Waals surface area contributed by atoms with Gasteiger partial charge in [-0.05, 0) is 83.5 Å². The lowest BCUT2D eigenvalue weighted by molar-refractivity contribution is -0.161. The molecule has 0 fully saturated rings. The number of ether oxygens (including phenoxy) is 2. The van der Waals surface area contributed by atoms with Crippen molar-refractivity contribution in [2.24, 2.45) is 5.73 Å². The Morgan fingerprint density at radius 3 is 1.51 bits per heavy atom. The van der Waals surface area contributed by atoms with Gasteiger partial charge in [-0.3, -0.25) is 18.6 Å². The highest BCUT2D eigenvalue weighted by Gasteiger charge is 2.25. The first-order valence-electron chi connectivity index (χ1n) is 21.4. The summed E-state index contributed by atoms with van der Waals surface area (Å²) in [5.41, 5.74) is 5.34. The summed E-state index contributed by atoms with van der Waals surface area (Å²) in [5, 5.41) is 0. The van der Waals surface area contributed by atoms with Gasteiger partial charge < -0.3 is 20.1 Å². The largest absolute Gasteiger partial charge is 0.472 e. The number of esters is 2. The fraction of sp³-hybridized carbons (Fsp3) is 0.689. The third-order valence-electron chi connectivity index (χ3n) is 8.58. The maximum Gasteiger partial charge on any atom is 0.472 e. The van der Waals surface area contributed by atoms with Crippen molar-refractivity contribution < 1.29 is 37.6 Å². The molecule has 10 heteroatoms. The van der Waals surface area contributed by atoms with E-state index < -0.39 is 32.5 Å². The molecule has 0 amide bonds. The number of hydrogen-bond donors (Lipinski definition) is 2. The van der Waals surface area contributed by atoms with Crippen LogP contribution in [0.15, 0.2) is 72.9 Å². The topological polar surface area (TPSA) is 134 Å². The number of allylic oxidation sites excluding steroid dienone is 12. The fourth-order valence-corrected chi connectivity index (χ4v) is 6.18. The van der Waals surface area contributed by atoms with Crippen LogP contribution in [0, 0.1) is 0 Å². The number of phosphoric ester groups is 1. The minimum Gasteiger partial charge on any atom is -0.462 e. The summed E-state index contributed by atoms with van der Waals surface area (Å²) in [5.74, 6) is -0.890. The highest BCUT2D eigenvalue weighted by Crippen LogP contribution is 2.43. The second-order valence-corrected chi connectivity index (χ2v) is 15.3. The Morgan fingerprint density at radius 1 is 0.564 bits per heavy atom. The number of phosphoric acid groups is 1. The number of carbonyl (C=O) groups excluding carboxylic acids is 2. The van der Waals surface area contributed by atoms with Crippen LogP contribution in [-0.4, -0.2) is 49.3 Å². The molecular weight excluding hydrogens is 713 g/mol. The Labute approximate surface area is 335 Å². The van der Waals surface area contributed by atoms with Crippen molar-refractivity contribution in [1.82, 2.24) is 0 Å². The third kappa shape index (κ3) is 40.9. The fourth-order valence-electron chi connectivity index (χ4n) is 5.42. The van der Waals surface area contributed by atoms with Crippen molar-refractivity contribution in [3.63, 3.8) is 0 Å². The monoisotopic (exact) mass is 792 g/mol. The predicted molar refractivity (Wildman–Crippen MR) is 229 cm³/mol. The van der Waals surface area contributed by atoms with Crippen LogP contribution in [0.5, 0.6) is 0 Å². The molecule has 316 valence electrons. The van der Waals surface area contributed by atoms with E-state index in [2.05, 4.69) is 86.8 Å². The zero-order chi connectivity index (χ0) is 40.3. The molecule has 0 aliphatic heterocycles. The summed E-state index contributed by atoms with van der Waals surface area (Å²) in [4.78, 5) is 34.8. The Hall–Kier alpha value is -2.55. The molecule has 0 saturated heterocycles. The number of hydrogen-bond acceptors (Lipinski definition) is 8. The van der Waals surface area contributed by atoms with E-state index in [1.165, 1.54) is 51.4 Å². The van der Waals surface area contributed by atoms with Crippen LogP contribution in [0.4, 0.5) is 0 Å². The molecule has 0 aromatic heterocycles. The summed E-state index contributed by atoms with van der Waals surface area (Å²) in [7, 11) is -4.39. The maximum absolute atomic E-state index is 12.6. The average molecular weight is 792 g/mol. The van der Waals surface area contributed by atoms with Gasteiger partial charge in [0.2, 0.25) is 0 Å². The minimum atomic E-state index is -4.39. The lowest BCUT2D eigenvalue weighted by Crippen LogP contribution is -2.29. The van der Waals surface area contributed by atoms with Gasteiger partial charge in [-0.2, -0.15) is 0 Å². The summed E-state index contributed by atoms with van der Waals surface area (Å²) < 4.78 is 32.7. The molecule has 0 aromatic rings. The van der Waals surface area contributed by atoms with E-state index in [1.54, 1.807) is 0 Å². The van der Waals surface area contributed by atoms with E-state index in [0.29, 0.717) is 12.8 Å². The van der Waals surface area contributed by atoms with E-state index in [-0.39, 0.29) is 32.6 Å². The van der Waals surface area contributed by atoms with Gasteiger partial charge in [0.05, 0.1) is 13.2 Å². The zero-order valence-corrected chi connectivity index (χ0v) is 35.5.